The van der Waals surface area contributed by atoms with Gasteiger partial charge in [-0.2, -0.15) is 5.10 Å². The third-order valence-corrected chi connectivity index (χ3v) is 2.96. The van der Waals surface area contributed by atoms with Gasteiger partial charge in [-0.25, -0.2) is 0 Å². The fourth-order valence-corrected chi connectivity index (χ4v) is 1.95. The number of nitrogens with one attached hydrogen (secondary N) is 1. The van der Waals surface area contributed by atoms with Crippen LogP contribution in [0, 0.1) is 10.1 Å². The van der Waals surface area contributed by atoms with Crippen molar-refractivity contribution in [3.8, 4) is 0 Å². The molecular formula is C12H13ClN4O2. The Bertz CT molecular complexity index is 597. The van der Waals surface area contributed by atoms with E-state index in [1.807, 2.05) is 17.7 Å². The second-order valence-corrected chi connectivity index (χ2v) is 4.35. The molecule has 0 amide bonds. The van der Waals surface area contributed by atoms with Gasteiger partial charge >= 0.3 is 0 Å². The summed E-state index contributed by atoms with van der Waals surface area (Å²) in [7, 11) is 0. The molecule has 0 aliphatic carbocycles. The van der Waals surface area contributed by atoms with E-state index < -0.39 is 4.92 Å². The number of aryl methyl sites for hydroxylation is 1. The van der Waals surface area contributed by atoms with E-state index >= 15 is 0 Å². The van der Waals surface area contributed by atoms with Crippen LogP contribution in [-0.4, -0.2) is 14.7 Å². The highest BCUT2D eigenvalue weighted by Gasteiger charge is 2.14. The van der Waals surface area contributed by atoms with E-state index in [1.54, 1.807) is 18.3 Å². The van der Waals surface area contributed by atoms with Gasteiger partial charge in [0, 0.05) is 23.8 Å². The first-order chi connectivity index (χ1) is 9.11. The van der Waals surface area contributed by atoms with Gasteiger partial charge < -0.3 is 5.32 Å². The summed E-state index contributed by atoms with van der Waals surface area (Å²) >= 11 is 5.76. The van der Waals surface area contributed by atoms with E-state index in [-0.39, 0.29) is 5.69 Å². The summed E-state index contributed by atoms with van der Waals surface area (Å²) in [6.07, 6.45) is 1.71. The fraction of sp³-hybridized carbons (Fsp3) is 0.250. The maximum Gasteiger partial charge on any atom is 0.293 e. The fourth-order valence-electron chi connectivity index (χ4n) is 1.79. The molecule has 0 saturated carbocycles. The molecule has 2 rings (SSSR count). The first-order valence-corrected chi connectivity index (χ1v) is 6.18. The smallest absolute Gasteiger partial charge is 0.293 e. The molecule has 0 unspecified atom stereocenters. The molecule has 0 radical (unpaired) electrons. The largest absolute Gasteiger partial charge is 0.374 e. The summed E-state index contributed by atoms with van der Waals surface area (Å²) in [5.74, 6) is 0. The van der Waals surface area contributed by atoms with Crippen molar-refractivity contribution in [2.45, 2.75) is 20.0 Å². The molecule has 0 saturated heterocycles. The number of rotatable bonds is 5. The predicted molar refractivity (Wildman–Crippen MR) is 73.3 cm³/mol. The van der Waals surface area contributed by atoms with Crippen LogP contribution in [0.5, 0.6) is 0 Å². The van der Waals surface area contributed by atoms with Gasteiger partial charge in [0.25, 0.3) is 5.69 Å². The number of nitro groups is 1. The molecule has 1 aromatic carbocycles. The summed E-state index contributed by atoms with van der Waals surface area (Å²) < 4.78 is 1.83. The number of nitro benzene ring substituents is 1. The molecule has 0 atom stereocenters. The highest BCUT2D eigenvalue weighted by molar-refractivity contribution is 6.30. The number of hydrogen-bond acceptors (Lipinski definition) is 4. The van der Waals surface area contributed by atoms with E-state index in [4.69, 9.17) is 11.6 Å². The van der Waals surface area contributed by atoms with E-state index in [2.05, 4.69) is 10.4 Å². The van der Waals surface area contributed by atoms with Crippen LogP contribution in [0.2, 0.25) is 5.02 Å². The van der Waals surface area contributed by atoms with Crippen molar-refractivity contribution >= 4 is 23.0 Å². The normalized spacial score (nSPS) is 10.4. The maximum atomic E-state index is 10.9. The van der Waals surface area contributed by atoms with Crippen molar-refractivity contribution < 1.29 is 4.92 Å². The molecule has 0 spiro atoms. The molecule has 0 bridgehead atoms. The molecule has 6 nitrogen and oxygen atoms in total. The minimum absolute atomic E-state index is 0.0323. The van der Waals surface area contributed by atoms with Gasteiger partial charge in [-0.05, 0) is 25.1 Å². The SMILES string of the molecule is CCn1nccc1CNc1ccc(Cl)cc1[N+](=O)[O-]. The molecule has 0 fully saturated rings. The standard InChI is InChI=1S/C12H13ClN4O2/c1-2-16-10(5-6-15-16)8-14-11-4-3-9(13)7-12(11)17(18)19/h3-7,14H,2,8H2,1H3. The molecule has 1 heterocycles. The average molecular weight is 281 g/mol. The van der Waals surface area contributed by atoms with Crippen molar-refractivity contribution in [2.75, 3.05) is 5.32 Å². The van der Waals surface area contributed by atoms with E-state index in [1.165, 1.54) is 6.07 Å². The zero-order chi connectivity index (χ0) is 13.8. The molecule has 2 aromatic rings. The molecule has 0 aliphatic rings. The molecule has 7 heteroatoms. The number of halogens is 1. The summed E-state index contributed by atoms with van der Waals surface area (Å²) in [5.41, 5.74) is 1.38. The summed E-state index contributed by atoms with van der Waals surface area (Å²) in [6, 6.07) is 6.43. The Hall–Kier alpha value is -2.08. The van der Waals surface area contributed by atoms with Gasteiger partial charge in [0.2, 0.25) is 0 Å². The monoisotopic (exact) mass is 280 g/mol. The molecule has 1 N–H and O–H groups in total. The maximum absolute atomic E-state index is 10.9. The highest BCUT2D eigenvalue weighted by atomic mass is 35.5. The van der Waals surface area contributed by atoms with Crippen LogP contribution in [-0.2, 0) is 13.1 Å². The van der Waals surface area contributed by atoms with Gasteiger partial charge in [-0.3, -0.25) is 14.8 Å². The molecule has 1 aromatic heterocycles. The number of nitrogens with zero attached hydrogens (tertiary/aromatic N) is 3. The highest BCUT2D eigenvalue weighted by Crippen LogP contribution is 2.28. The zero-order valence-corrected chi connectivity index (χ0v) is 11.1. The second kappa shape index (κ2) is 5.71. The van der Waals surface area contributed by atoms with Crippen LogP contribution in [0.3, 0.4) is 0 Å². The first-order valence-electron chi connectivity index (χ1n) is 5.80. The van der Waals surface area contributed by atoms with Gasteiger partial charge in [0.1, 0.15) is 5.69 Å². The van der Waals surface area contributed by atoms with Crippen LogP contribution < -0.4 is 5.32 Å². The zero-order valence-electron chi connectivity index (χ0n) is 10.3. The average Bonchev–Trinajstić information content (AvgIpc) is 2.84. The van der Waals surface area contributed by atoms with Crippen molar-refractivity contribution in [2.24, 2.45) is 0 Å². The molecule has 19 heavy (non-hydrogen) atoms. The predicted octanol–water partition coefficient (Wildman–Crippen LogP) is 3.08. The van der Waals surface area contributed by atoms with Crippen LogP contribution in [0.1, 0.15) is 12.6 Å². The molecular weight excluding hydrogens is 268 g/mol. The van der Waals surface area contributed by atoms with Gasteiger partial charge in [-0.15, -0.1) is 0 Å². The Morgan fingerprint density at radius 1 is 1.47 bits per heavy atom. The van der Waals surface area contributed by atoms with Crippen molar-refractivity contribution in [3.63, 3.8) is 0 Å². The van der Waals surface area contributed by atoms with Crippen molar-refractivity contribution in [1.82, 2.24) is 9.78 Å². The minimum atomic E-state index is -0.453. The topological polar surface area (TPSA) is 73.0 Å². The lowest BCUT2D eigenvalue weighted by molar-refractivity contribution is -0.383. The van der Waals surface area contributed by atoms with Crippen LogP contribution in [0.15, 0.2) is 30.5 Å². The lowest BCUT2D eigenvalue weighted by Crippen LogP contribution is -2.08. The number of anilines is 1. The van der Waals surface area contributed by atoms with Crippen molar-refractivity contribution in [3.05, 3.63) is 51.3 Å². The minimum Gasteiger partial charge on any atom is -0.374 e. The Labute approximate surface area is 115 Å². The van der Waals surface area contributed by atoms with Crippen LogP contribution in [0.25, 0.3) is 0 Å². The molecule has 0 aliphatic heterocycles. The number of benzene rings is 1. The lowest BCUT2D eigenvalue weighted by Gasteiger charge is -2.08. The van der Waals surface area contributed by atoms with E-state index in [9.17, 15) is 10.1 Å². The summed E-state index contributed by atoms with van der Waals surface area (Å²) in [5, 5.41) is 18.5. The van der Waals surface area contributed by atoms with Crippen molar-refractivity contribution in [1.29, 1.82) is 0 Å². The van der Waals surface area contributed by atoms with E-state index in [0.29, 0.717) is 17.3 Å². The first kappa shape index (κ1) is 13.4. The third kappa shape index (κ3) is 3.03. The van der Waals surface area contributed by atoms with Gasteiger partial charge in [-0.1, -0.05) is 11.6 Å². The third-order valence-electron chi connectivity index (χ3n) is 2.72. The van der Waals surface area contributed by atoms with Crippen LogP contribution in [0.4, 0.5) is 11.4 Å². The van der Waals surface area contributed by atoms with Crippen LogP contribution >= 0.6 is 11.6 Å². The lowest BCUT2D eigenvalue weighted by atomic mass is 10.2. The Balaban J connectivity index is 2.18. The Morgan fingerprint density at radius 3 is 2.95 bits per heavy atom. The van der Waals surface area contributed by atoms with Gasteiger partial charge in [0.15, 0.2) is 0 Å². The van der Waals surface area contributed by atoms with Gasteiger partial charge in [0.05, 0.1) is 17.2 Å². The Morgan fingerprint density at radius 2 is 2.26 bits per heavy atom. The summed E-state index contributed by atoms with van der Waals surface area (Å²) in [6.45, 7) is 3.21. The second-order valence-electron chi connectivity index (χ2n) is 3.91. The summed E-state index contributed by atoms with van der Waals surface area (Å²) in [4.78, 5) is 10.5. The Kier molecular flexibility index (Phi) is 4.01. The number of hydrogen-bond donors (Lipinski definition) is 1. The van der Waals surface area contributed by atoms with E-state index in [0.717, 1.165) is 12.2 Å². The quantitative estimate of drug-likeness (QED) is 0.675. The number of aromatic nitrogens is 2. The molecule has 100 valence electrons.